The second kappa shape index (κ2) is 9.19. The first-order valence-electron chi connectivity index (χ1n) is 9.18. The van der Waals surface area contributed by atoms with Gasteiger partial charge < -0.3 is 30.3 Å². The van der Waals surface area contributed by atoms with Gasteiger partial charge in [-0.25, -0.2) is 4.79 Å². The van der Waals surface area contributed by atoms with Crippen molar-refractivity contribution in [3.8, 4) is 11.5 Å². The maximum Gasteiger partial charge on any atom is 0.342 e. The molecule has 30 heavy (non-hydrogen) atoms. The highest BCUT2D eigenvalue weighted by atomic mass is 35.5. The van der Waals surface area contributed by atoms with Gasteiger partial charge in [0.15, 0.2) is 6.61 Å². The Hall–Kier alpha value is -3.04. The minimum absolute atomic E-state index is 0.0797. The molecule has 2 heterocycles. The zero-order valence-electron chi connectivity index (χ0n) is 16.1. The number of cyclic esters (lactones) is 1. The molecular formula is C20H21ClN2O7. The van der Waals surface area contributed by atoms with E-state index in [9.17, 15) is 19.8 Å². The fourth-order valence-corrected chi connectivity index (χ4v) is 3.25. The lowest BCUT2D eigenvalue weighted by Crippen LogP contribution is -2.20. The van der Waals surface area contributed by atoms with Crippen molar-refractivity contribution < 1.29 is 34.1 Å². The molecule has 0 aromatic heterocycles. The number of amides is 1. The summed E-state index contributed by atoms with van der Waals surface area (Å²) >= 11 is 6.22. The van der Waals surface area contributed by atoms with Crippen LogP contribution in [0.4, 0.5) is 0 Å². The number of phenolic OH excluding ortho intramolecular Hbond substituents is 2. The molecule has 0 unspecified atom stereocenters. The lowest BCUT2D eigenvalue weighted by Gasteiger charge is -2.17. The summed E-state index contributed by atoms with van der Waals surface area (Å²) in [4.78, 5) is 28.6. The van der Waals surface area contributed by atoms with E-state index in [0.29, 0.717) is 6.42 Å². The predicted molar refractivity (Wildman–Crippen MR) is 108 cm³/mol. The maximum atomic E-state index is 12.8. The van der Waals surface area contributed by atoms with Crippen molar-refractivity contribution in [1.29, 1.82) is 0 Å². The minimum atomic E-state index is -0.803. The molecule has 2 aliphatic heterocycles. The average Bonchev–Trinajstić information content (AvgIpc) is 3.38. The van der Waals surface area contributed by atoms with E-state index in [1.165, 1.54) is 0 Å². The molecule has 160 valence electrons. The number of aromatic hydroxyl groups is 2. The first kappa shape index (κ1) is 21.7. The summed E-state index contributed by atoms with van der Waals surface area (Å²) in [7, 11) is 0. The highest BCUT2D eigenvalue weighted by Gasteiger charge is 2.38. The van der Waals surface area contributed by atoms with Gasteiger partial charge in [0, 0.05) is 18.9 Å². The van der Waals surface area contributed by atoms with Gasteiger partial charge in [0.2, 0.25) is 0 Å². The van der Waals surface area contributed by atoms with Crippen molar-refractivity contribution in [3.63, 3.8) is 0 Å². The number of hydrogen-bond donors (Lipinski definition) is 3. The van der Waals surface area contributed by atoms with Gasteiger partial charge in [-0.15, -0.1) is 0 Å². The van der Waals surface area contributed by atoms with Crippen LogP contribution in [0.3, 0.4) is 0 Å². The molecule has 1 aromatic rings. The molecule has 3 rings (SSSR count). The van der Waals surface area contributed by atoms with Crippen LogP contribution >= 0.6 is 11.6 Å². The number of rotatable bonds is 3. The number of hydrogen-bond acceptors (Lipinski definition) is 8. The van der Waals surface area contributed by atoms with Crippen molar-refractivity contribution >= 4 is 29.2 Å². The molecule has 0 aliphatic carbocycles. The Morgan fingerprint density at radius 2 is 2.13 bits per heavy atom. The molecule has 0 bridgehead atoms. The number of halogens is 1. The Morgan fingerprint density at radius 3 is 2.87 bits per heavy atom. The molecule has 3 atom stereocenters. The fraction of sp³-hybridized carbons (Fsp3) is 0.350. The number of nitrogens with zero attached hydrogens (tertiary/aromatic N) is 1. The van der Waals surface area contributed by atoms with Crippen LogP contribution in [0.1, 0.15) is 29.3 Å². The number of fused-ring (bicyclic) bond motifs is 2. The van der Waals surface area contributed by atoms with Gasteiger partial charge in [0.05, 0.1) is 16.8 Å². The quantitative estimate of drug-likeness (QED) is 0.373. The Kier molecular flexibility index (Phi) is 6.63. The summed E-state index contributed by atoms with van der Waals surface area (Å²) < 4.78 is 11.0. The number of epoxide rings is 1. The zero-order valence-corrected chi connectivity index (χ0v) is 16.8. The number of carbonyl (C=O) groups is 2. The molecule has 0 saturated carbocycles. The molecule has 1 amide bonds. The van der Waals surface area contributed by atoms with Crippen molar-refractivity contribution in [2.45, 2.75) is 38.1 Å². The van der Waals surface area contributed by atoms with E-state index in [-0.39, 0.29) is 40.5 Å². The SMILES string of the molecule is C[C@@H]1C[C@@H]2O[C@@H]2\C=C/C=C/C(=N\OCC(N)=O)Cc2c(Cl)c(O)cc(O)c2C(=O)O1. The van der Waals surface area contributed by atoms with Crippen LogP contribution in [-0.2, 0) is 25.5 Å². The summed E-state index contributed by atoms with van der Waals surface area (Å²) in [6.07, 6.45) is 6.59. The summed E-state index contributed by atoms with van der Waals surface area (Å²) in [5, 5.41) is 24.0. The van der Waals surface area contributed by atoms with Crippen molar-refractivity contribution in [2.75, 3.05) is 6.61 Å². The summed E-state index contributed by atoms with van der Waals surface area (Å²) in [5.41, 5.74) is 5.20. The summed E-state index contributed by atoms with van der Waals surface area (Å²) in [6.45, 7) is 1.27. The van der Waals surface area contributed by atoms with Crippen LogP contribution in [0.2, 0.25) is 5.02 Å². The number of esters is 1. The topological polar surface area (TPSA) is 144 Å². The van der Waals surface area contributed by atoms with E-state index in [1.54, 1.807) is 25.2 Å². The highest BCUT2D eigenvalue weighted by molar-refractivity contribution is 6.33. The molecule has 10 heteroatoms. The monoisotopic (exact) mass is 436 g/mol. The minimum Gasteiger partial charge on any atom is -0.507 e. The van der Waals surface area contributed by atoms with E-state index in [0.717, 1.165) is 6.07 Å². The molecular weight excluding hydrogens is 416 g/mol. The number of phenols is 2. The van der Waals surface area contributed by atoms with Crippen LogP contribution in [-0.4, -0.2) is 52.7 Å². The fourth-order valence-electron chi connectivity index (χ4n) is 3.03. The second-order valence-electron chi connectivity index (χ2n) is 6.92. The van der Waals surface area contributed by atoms with Crippen LogP contribution in [0.5, 0.6) is 11.5 Å². The Balaban J connectivity index is 2.03. The lowest BCUT2D eigenvalue weighted by molar-refractivity contribution is -0.122. The Labute approximate surface area is 177 Å². The van der Waals surface area contributed by atoms with Crippen molar-refractivity contribution in [1.82, 2.24) is 0 Å². The second-order valence-corrected chi connectivity index (χ2v) is 7.29. The summed E-state index contributed by atoms with van der Waals surface area (Å²) in [5.74, 6) is -2.42. The molecule has 2 aliphatic rings. The third kappa shape index (κ3) is 5.31. The van der Waals surface area contributed by atoms with E-state index in [1.807, 2.05) is 6.08 Å². The maximum absolute atomic E-state index is 12.8. The van der Waals surface area contributed by atoms with Gasteiger partial charge in [-0.05, 0) is 18.6 Å². The third-order valence-corrected chi connectivity index (χ3v) is 4.89. The number of oxime groups is 1. The van der Waals surface area contributed by atoms with Crippen LogP contribution in [0, 0.1) is 0 Å². The van der Waals surface area contributed by atoms with Gasteiger partial charge in [0.1, 0.15) is 29.3 Å². The highest BCUT2D eigenvalue weighted by Crippen LogP contribution is 2.38. The Morgan fingerprint density at radius 1 is 1.37 bits per heavy atom. The number of allylic oxidation sites excluding steroid dienone is 3. The lowest BCUT2D eigenvalue weighted by atomic mass is 9.99. The zero-order chi connectivity index (χ0) is 21.8. The smallest absolute Gasteiger partial charge is 0.342 e. The molecule has 1 fully saturated rings. The molecule has 1 aromatic carbocycles. The molecule has 1 saturated heterocycles. The average molecular weight is 437 g/mol. The third-order valence-electron chi connectivity index (χ3n) is 4.47. The number of carbonyl (C=O) groups excluding carboxylic acids is 2. The first-order chi connectivity index (χ1) is 14.3. The number of nitrogens with two attached hydrogens (primary N) is 1. The van der Waals surface area contributed by atoms with Crippen molar-refractivity contribution in [2.24, 2.45) is 10.9 Å². The van der Waals surface area contributed by atoms with Crippen LogP contribution < -0.4 is 5.73 Å². The van der Waals surface area contributed by atoms with Gasteiger partial charge >= 0.3 is 5.97 Å². The number of ether oxygens (including phenoxy) is 2. The molecule has 9 nitrogen and oxygen atoms in total. The standard InChI is InChI=1S/C20H21ClN2O7/c1-10-6-16-15(30-16)5-3-2-4-11(23-28-9-17(22)26)7-12-18(20(27)29-10)13(24)8-14(25)19(12)21/h2-5,8,10,15-16,24-25H,6-7,9H2,1H3,(H2,22,26)/b4-2+,5-3-,23-11+/t10-,15-,16+/m1/s1. The number of benzene rings is 1. The molecule has 4 N–H and O–H groups in total. The molecule has 0 spiro atoms. The normalized spacial score (nSPS) is 27.2. The predicted octanol–water partition coefficient (Wildman–Crippen LogP) is 1.98. The molecule has 0 radical (unpaired) electrons. The van der Waals surface area contributed by atoms with E-state index >= 15 is 0 Å². The van der Waals surface area contributed by atoms with Gasteiger partial charge in [-0.2, -0.15) is 0 Å². The van der Waals surface area contributed by atoms with Gasteiger partial charge in [-0.3, -0.25) is 4.79 Å². The van der Waals surface area contributed by atoms with Gasteiger partial charge in [0.25, 0.3) is 5.91 Å². The van der Waals surface area contributed by atoms with E-state index in [4.69, 9.17) is 31.6 Å². The van der Waals surface area contributed by atoms with Crippen LogP contribution in [0.25, 0.3) is 0 Å². The first-order valence-corrected chi connectivity index (χ1v) is 9.55. The summed E-state index contributed by atoms with van der Waals surface area (Å²) in [6, 6.07) is 0.967. The van der Waals surface area contributed by atoms with Gasteiger partial charge in [-0.1, -0.05) is 35.0 Å². The number of primary amides is 1. The van der Waals surface area contributed by atoms with Crippen LogP contribution in [0.15, 0.2) is 35.5 Å². The Bertz CT molecular complexity index is 942. The van der Waals surface area contributed by atoms with E-state index < -0.39 is 36.1 Å². The van der Waals surface area contributed by atoms with Crippen molar-refractivity contribution in [3.05, 3.63) is 46.5 Å². The van der Waals surface area contributed by atoms with E-state index in [2.05, 4.69) is 5.16 Å². The largest absolute Gasteiger partial charge is 0.507 e.